The Bertz CT molecular complexity index is 553. The zero-order valence-corrected chi connectivity index (χ0v) is 11.4. The number of carbonyl (C=O) groups excluding carboxylic acids is 3. The molecule has 0 spiro atoms. The summed E-state index contributed by atoms with van der Waals surface area (Å²) >= 11 is 0. The predicted octanol–water partition coefficient (Wildman–Crippen LogP) is 0.595. The van der Waals surface area contributed by atoms with Crippen molar-refractivity contribution in [1.82, 2.24) is 10.6 Å². The molecule has 0 radical (unpaired) electrons. The van der Waals surface area contributed by atoms with E-state index in [1.165, 1.54) is 7.05 Å². The maximum absolute atomic E-state index is 11.7. The summed E-state index contributed by atoms with van der Waals surface area (Å²) in [6.07, 6.45) is 1.09. The monoisotopic (exact) mass is 275 g/mol. The van der Waals surface area contributed by atoms with E-state index in [4.69, 9.17) is 0 Å². The number of carbonyl (C=O) groups is 3. The highest BCUT2D eigenvalue weighted by molar-refractivity contribution is 5.99. The molecule has 0 saturated carbocycles. The van der Waals surface area contributed by atoms with Crippen LogP contribution in [-0.4, -0.2) is 31.3 Å². The van der Waals surface area contributed by atoms with Gasteiger partial charge in [0.25, 0.3) is 5.91 Å². The number of anilines is 1. The normalized spacial score (nSPS) is 9.50. The summed E-state index contributed by atoms with van der Waals surface area (Å²) in [4.78, 5) is 34.2. The largest absolute Gasteiger partial charge is 0.355 e. The van der Waals surface area contributed by atoms with E-state index in [1.807, 2.05) is 6.92 Å². The molecular weight excluding hydrogens is 258 g/mol. The van der Waals surface area contributed by atoms with Crippen LogP contribution in [0.2, 0.25) is 0 Å². The molecule has 0 aliphatic heterocycles. The average Bonchev–Trinajstić information content (AvgIpc) is 2.46. The van der Waals surface area contributed by atoms with Gasteiger partial charge in [0.1, 0.15) is 0 Å². The smallest absolute Gasteiger partial charge is 0.251 e. The summed E-state index contributed by atoms with van der Waals surface area (Å²) in [5.74, 6) is -1.03. The van der Waals surface area contributed by atoms with Gasteiger partial charge in [0.15, 0.2) is 0 Å². The summed E-state index contributed by atoms with van der Waals surface area (Å²) in [6, 6.07) is 4.99. The Morgan fingerprint density at radius 3 is 2.60 bits per heavy atom. The molecule has 20 heavy (non-hydrogen) atoms. The molecule has 3 N–H and O–H groups in total. The summed E-state index contributed by atoms with van der Waals surface area (Å²) in [5.41, 5.74) is 1.80. The standard InChI is InChI=1S/C14H17N3O3/c1-4-12(18)16-8-13(19)17-11-7-10(14(20)15-3)6-5-9(11)2/h4-7H,1,8H2,2-3H3,(H,15,20)(H,16,18)(H,17,19). The topological polar surface area (TPSA) is 87.3 Å². The lowest BCUT2D eigenvalue weighted by Crippen LogP contribution is -2.31. The lowest BCUT2D eigenvalue weighted by Gasteiger charge is -2.10. The van der Waals surface area contributed by atoms with E-state index < -0.39 is 5.91 Å². The average molecular weight is 275 g/mol. The zero-order chi connectivity index (χ0) is 15.1. The van der Waals surface area contributed by atoms with Gasteiger partial charge in [-0.2, -0.15) is 0 Å². The molecule has 0 aliphatic rings. The number of aryl methyl sites for hydroxylation is 1. The van der Waals surface area contributed by atoms with Gasteiger partial charge in [-0.15, -0.1) is 0 Å². The fourth-order valence-electron chi connectivity index (χ4n) is 1.48. The van der Waals surface area contributed by atoms with E-state index in [1.54, 1.807) is 18.2 Å². The fraction of sp³-hybridized carbons (Fsp3) is 0.214. The molecule has 0 unspecified atom stereocenters. The van der Waals surface area contributed by atoms with Crippen LogP contribution < -0.4 is 16.0 Å². The Hall–Kier alpha value is -2.63. The molecule has 0 saturated heterocycles. The third-order valence-electron chi connectivity index (χ3n) is 2.61. The van der Waals surface area contributed by atoms with Crippen molar-refractivity contribution in [3.05, 3.63) is 42.0 Å². The molecule has 0 aromatic heterocycles. The molecule has 1 rings (SSSR count). The molecule has 0 fully saturated rings. The molecular formula is C14H17N3O3. The van der Waals surface area contributed by atoms with Crippen molar-refractivity contribution in [3.8, 4) is 0 Å². The van der Waals surface area contributed by atoms with Crippen molar-refractivity contribution in [3.63, 3.8) is 0 Å². The Kier molecular flexibility index (Phi) is 5.46. The number of amides is 3. The number of hydrogen-bond acceptors (Lipinski definition) is 3. The van der Waals surface area contributed by atoms with Crippen LogP contribution in [0.25, 0.3) is 0 Å². The molecule has 1 aromatic rings. The van der Waals surface area contributed by atoms with Gasteiger partial charge in [-0.05, 0) is 30.7 Å². The van der Waals surface area contributed by atoms with Crippen LogP contribution in [0.15, 0.2) is 30.9 Å². The fourth-order valence-corrected chi connectivity index (χ4v) is 1.48. The first kappa shape index (κ1) is 15.4. The van der Waals surface area contributed by atoms with Crippen molar-refractivity contribution >= 4 is 23.4 Å². The van der Waals surface area contributed by atoms with E-state index >= 15 is 0 Å². The number of rotatable bonds is 5. The minimum Gasteiger partial charge on any atom is -0.355 e. The van der Waals surface area contributed by atoms with Crippen molar-refractivity contribution in [2.75, 3.05) is 18.9 Å². The number of benzene rings is 1. The molecule has 0 atom stereocenters. The second kappa shape index (κ2) is 7.08. The van der Waals surface area contributed by atoms with Crippen LogP contribution in [0, 0.1) is 6.92 Å². The lowest BCUT2D eigenvalue weighted by molar-refractivity contribution is -0.121. The SMILES string of the molecule is C=CC(=O)NCC(=O)Nc1cc(C(=O)NC)ccc1C. The highest BCUT2D eigenvalue weighted by Gasteiger charge is 2.09. The van der Waals surface area contributed by atoms with E-state index in [9.17, 15) is 14.4 Å². The molecule has 6 heteroatoms. The minimum atomic E-state index is -0.420. The third kappa shape index (κ3) is 4.24. The van der Waals surface area contributed by atoms with Crippen LogP contribution in [-0.2, 0) is 9.59 Å². The van der Waals surface area contributed by atoms with Gasteiger partial charge >= 0.3 is 0 Å². The van der Waals surface area contributed by atoms with Gasteiger partial charge in [0, 0.05) is 18.3 Å². The molecule has 0 aliphatic carbocycles. The maximum atomic E-state index is 11.7. The molecule has 6 nitrogen and oxygen atoms in total. The van der Waals surface area contributed by atoms with Crippen molar-refractivity contribution < 1.29 is 14.4 Å². The highest BCUT2D eigenvalue weighted by Crippen LogP contribution is 2.16. The summed E-state index contributed by atoms with van der Waals surface area (Å²) in [6.45, 7) is 4.94. The van der Waals surface area contributed by atoms with Crippen LogP contribution in [0.1, 0.15) is 15.9 Å². The number of hydrogen-bond donors (Lipinski definition) is 3. The van der Waals surface area contributed by atoms with Crippen molar-refractivity contribution in [2.24, 2.45) is 0 Å². The Morgan fingerprint density at radius 1 is 1.30 bits per heavy atom. The summed E-state index contributed by atoms with van der Waals surface area (Å²) in [5, 5.41) is 7.52. The Morgan fingerprint density at radius 2 is 2.00 bits per heavy atom. The molecule has 0 heterocycles. The van der Waals surface area contributed by atoms with Gasteiger partial charge < -0.3 is 16.0 Å². The second-order valence-corrected chi connectivity index (χ2v) is 4.08. The van der Waals surface area contributed by atoms with E-state index in [0.717, 1.165) is 11.6 Å². The first-order valence-electron chi connectivity index (χ1n) is 6.00. The molecule has 3 amide bonds. The zero-order valence-electron chi connectivity index (χ0n) is 11.4. The van der Waals surface area contributed by atoms with E-state index in [0.29, 0.717) is 11.3 Å². The first-order valence-corrected chi connectivity index (χ1v) is 6.00. The Labute approximate surface area is 117 Å². The van der Waals surface area contributed by atoms with Gasteiger partial charge in [-0.3, -0.25) is 14.4 Å². The van der Waals surface area contributed by atoms with Gasteiger partial charge in [-0.25, -0.2) is 0 Å². The van der Waals surface area contributed by atoms with Crippen LogP contribution in [0.4, 0.5) is 5.69 Å². The van der Waals surface area contributed by atoms with Crippen LogP contribution in [0.3, 0.4) is 0 Å². The van der Waals surface area contributed by atoms with Crippen molar-refractivity contribution in [1.29, 1.82) is 0 Å². The van der Waals surface area contributed by atoms with Gasteiger partial charge in [0.05, 0.1) is 6.54 Å². The predicted molar refractivity (Wildman–Crippen MR) is 76.4 cm³/mol. The quantitative estimate of drug-likeness (QED) is 0.687. The van der Waals surface area contributed by atoms with Crippen molar-refractivity contribution in [2.45, 2.75) is 6.92 Å². The summed E-state index contributed by atoms with van der Waals surface area (Å²) < 4.78 is 0. The third-order valence-corrected chi connectivity index (χ3v) is 2.61. The number of nitrogens with one attached hydrogen (secondary N) is 3. The lowest BCUT2D eigenvalue weighted by atomic mass is 10.1. The first-order chi connectivity index (χ1) is 9.47. The maximum Gasteiger partial charge on any atom is 0.251 e. The van der Waals surface area contributed by atoms with Gasteiger partial charge in [-0.1, -0.05) is 12.6 Å². The highest BCUT2D eigenvalue weighted by atomic mass is 16.2. The van der Waals surface area contributed by atoms with Crippen LogP contribution >= 0.6 is 0 Å². The minimum absolute atomic E-state index is 0.158. The molecule has 0 bridgehead atoms. The van der Waals surface area contributed by atoms with E-state index in [-0.39, 0.29) is 18.4 Å². The van der Waals surface area contributed by atoms with Crippen LogP contribution in [0.5, 0.6) is 0 Å². The second-order valence-electron chi connectivity index (χ2n) is 4.08. The Balaban J connectivity index is 2.76. The molecule has 106 valence electrons. The molecule has 1 aromatic carbocycles. The van der Waals surface area contributed by atoms with E-state index in [2.05, 4.69) is 22.5 Å². The summed E-state index contributed by atoms with van der Waals surface area (Å²) in [7, 11) is 1.53. The van der Waals surface area contributed by atoms with Gasteiger partial charge in [0.2, 0.25) is 11.8 Å².